The molecule has 3 rings (SSSR count). The maximum Gasteiger partial charge on any atom is 0.348 e. The summed E-state index contributed by atoms with van der Waals surface area (Å²) < 4.78 is 30.6. The summed E-state index contributed by atoms with van der Waals surface area (Å²) in [5.41, 5.74) is 0.0555. The number of anilines is 2. The first-order valence-electron chi connectivity index (χ1n) is 6.11. The third kappa shape index (κ3) is 3.30. The molecule has 0 saturated heterocycles. The van der Waals surface area contributed by atoms with Crippen LogP contribution in [0.25, 0.3) is 0 Å². The van der Waals surface area contributed by atoms with Crippen LogP contribution in [0, 0.1) is 0 Å². The first-order valence-corrected chi connectivity index (χ1v) is 6.49. The fourth-order valence-corrected chi connectivity index (χ4v) is 1.92. The molecule has 1 unspecified atom stereocenters. The Bertz CT molecular complexity index is 718. The van der Waals surface area contributed by atoms with Crippen LogP contribution in [0.3, 0.4) is 0 Å². The molecule has 0 spiro atoms. The average molecular weight is 314 g/mol. The lowest BCUT2D eigenvalue weighted by Gasteiger charge is -2.08. The molecule has 1 aromatic heterocycles. The van der Waals surface area contributed by atoms with Crippen LogP contribution in [0.4, 0.5) is 20.3 Å². The van der Waals surface area contributed by atoms with Crippen LogP contribution >= 0.6 is 11.6 Å². The Hall–Kier alpha value is -2.15. The van der Waals surface area contributed by atoms with Crippen LogP contribution in [-0.2, 0) is 0 Å². The molecule has 1 aliphatic rings. The molecule has 1 aromatic carbocycles. The number of hydrogen-bond acceptors (Lipinski definition) is 4. The van der Waals surface area contributed by atoms with Crippen LogP contribution in [0.1, 0.15) is 6.42 Å². The van der Waals surface area contributed by atoms with Crippen molar-refractivity contribution in [1.29, 1.82) is 0 Å². The van der Waals surface area contributed by atoms with Crippen LogP contribution in [-0.4, -0.2) is 22.0 Å². The SMILES string of the molecule is O=c1nc(Nc2ccc(OC3CC3(F)F)cc2)cc(Cl)[nH]1. The summed E-state index contributed by atoms with van der Waals surface area (Å²) in [7, 11) is 0. The smallest absolute Gasteiger partial charge is 0.348 e. The number of aromatic nitrogens is 2. The number of hydrogen-bond donors (Lipinski definition) is 2. The lowest BCUT2D eigenvalue weighted by atomic mass is 10.3. The summed E-state index contributed by atoms with van der Waals surface area (Å²) in [6, 6.07) is 7.84. The van der Waals surface area contributed by atoms with Crippen LogP contribution in [0.5, 0.6) is 5.75 Å². The second-order valence-electron chi connectivity index (χ2n) is 4.64. The first kappa shape index (κ1) is 13.8. The van der Waals surface area contributed by atoms with Gasteiger partial charge in [0.05, 0.1) is 6.42 Å². The van der Waals surface area contributed by atoms with Gasteiger partial charge in [0.25, 0.3) is 5.92 Å². The molecule has 0 radical (unpaired) electrons. The molecule has 110 valence electrons. The molecular weight excluding hydrogens is 304 g/mol. The van der Waals surface area contributed by atoms with Gasteiger partial charge in [0, 0.05) is 11.8 Å². The van der Waals surface area contributed by atoms with E-state index < -0.39 is 17.7 Å². The van der Waals surface area contributed by atoms with E-state index in [1.165, 1.54) is 6.07 Å². The number of nitrogens with zero attached hydrogens (tertiary/aromatic N) is 1. The normalized spacial score (nSPS) is 19.1. The van der Waals surface area contributed by atoms with Gasteiger partial charge in [-0.05, 0) is 24.3 Å². The van der Waals surface area contributed by atoms with Crippen molar-refractivity contribution in [3.63, 3.8) is 0 Å². The number of ether oxygens (including phenoxy) is 1. The maximum absolute atomic E-state index is 12.7. The number of alkyl halides is 2. The van der Waals surface area contributed by atoms with Gasteiger partial charge >= 0.3 is 5.69 Å². The molecule has 2 N–H and O–H groups in total. The topological polar surface area (TPSA) is 67.0 Å². The molecule has 0 amide bonds. The van der Waals surface area contributed by atoms with Gasteiger partial charge in [-0.3, -0.25) is 4.98 Å². The molecule has 1 heterocycles. The van der Waals surface area contributed by atoms with Crippen molar-refractivity contribution in [3.8, 4) is 5.75 Å². The van der Waals surface area contributed by atoms with Crippen LogP contribution in [0.15, 0.2) is 35.1 Å². The largest absolute Gasteiger partial charge is 0.484 e. The van der Waals surface area contributed by atoms with Crippen molar-refractivity contribution < 1.29 is 13.5 Å². The minimum Gasteiger partial charge on any atom is -0.484 e. The predicted octanol–water partition coefficient (Wildman–Crippen LogP) is 2.95. The summed E-state index contributed by atoms with van der Waals surface area (Å²) >= 11 is 5.71. The highest BCUT2D eigenvalue weighted by Gasteiger charge is 2.59. The number of H-pyrrole nitrogens is 1. The van der Waals surface area contributed by atoms with E-state index in [2.05, 4.69) is 15.3 Å². The Labute approximate surface area is 122 Å². The van der Waals surface area contributed by atoms with E-state index in [1.807, 2.05) is 0 Å². The molecule has 8 heteroatoms. The van der Waals surface area contributed by atoms with Crippen LogP contribution < -0.4 is 15.7 Å². The monoisotopic (exact) mass is 313 g/mol. The van der Waals surface area contributed by atoms with Crippen molar-refractivity contribution in [2.75, 3.05) is 5.32 Å². The van der Waals surface area contributed by atoms with E-state index in [4.69, 9.17) is 16.3 Å². The molecule has 5 nitrogen and oxygen atoms in total. The lowest BCUT2D eigenvalue weighted by Crippen LogP contribution is -2.11. The highest BCUT2D eigenvalue weighted by atomic mass is 35.5. The Morgan fingerprint density at radius 3 is 2.62 bits per heavy atom. The summed E-state index contributed by atoms with van der Waals surface area (Å²) in [5, 5.41) is 3.04. The Balaban J connectivity index is 1.68. The highest BCUT2D eigenvalue weighted by Crippen LogP contribution is 2.44. The molecule has 1 atom stereocenters. The third-order valence-corrected chi connectivity index (χ3v) is 3.09. The minimum atomic E-state index is -2.72. The quantitative estimate of drug-likeness (QED) is 0.852. The lowest BCUT2D eigenvalue weighted by molar-refractivity contribution is 0.0665. The summed E-state index contributed by atoms with van der Waals surface area (Å²) in [6.07, 6.45) is -1.29. The Kier molecular flexibility index (Phi) is 3.29. The molecule has 0 bridgehead atoms. The zero-order valence-electron chi connectivity index (χ0n) is 10.6. The van der Waals surface area contributed by atoms with Crippen molar-refractivity contribution in [2.45, 2.75) is 18.4 Å². The number of aromatic amines is 1. The fourth-order valence-electron chi connectivity index (χ4n) is 1.74. The molecular formula is C13H10ClF2N3O2. The second-order valence-corrected chi connectivity index (χ2v) is 5.05. The standard InChI is InChI=1S/C13H10ClF2N3O2/c14-10-5-11(19-12(20)18-10)17-7-1-3-8(4-2-7)21-9-6-13(9,15)16/h1-5,9H,6H2,(H2,17,18,19,20). The Morgan fingerprint density at radius 2 is 2.05 bits per heavy atom. The average Bonchev–Trinajstić information content (AvgIpc) is 2.97. The zero-order chi connectivity index (χ0) is 15.0. The zero-order valence-corrected chi connectivity index (χ0v) is 11.3. The van der Waals surface area contributed by atoms with E-state index in [-0.39, 0.29) is 17.4 Å². The molecule has 0 aliphatic heterocycles. The van der Waals surface area contributed by atoms with Crippen molar-refractivity contribution in [3.05, 3.63) is 46.0 Å². The van der Waals surface area contributed by atoms with Gasteiger partial charge in [-0.15, -0.1) is 0 Å². The molecule has 2 aromatic rings. The number of benzene rings is 1. The van der Waals surface area contributed by atoms with E-state index in [1.54, 1.807) is 24.3 Å². The van der Waals surface area contributed by atoms with E-state index in [9.17, 15) is 13.6 Å². The predicted molar refractivity (Wildman–Crippen MR) is 73.6 cm³/mol. The first-order chi connectivity index (χ1) is 9.92. The van der Waals surface area contributed by atoms with Crippen molar-refractivity contribution in [1.82, 2.24) is 9.97 Å². The van der Waals surface area contributed by atoms with Gasteiger partial charge in [-0.1, -0.05) is 11.6 Å². The number of nitrogens with one attached hydrogen (secondary N) is 2. The summed E-state index contributed by atoms with van der Waals surface area (Å²) in [5.74, 6) is -2.08. The van der Waals surface area contributed by atoms with Gasteiger partial charge in [-0.25, -0.2) is 13.6 Å². The maximum atomic E-state index is 12.7. The number of rotatable bonds is 4. The fraction of sp³-hybridized carbons (Fsp3) is 0.231. The molecule has 21 heavy (non-hydrogen) atoms. The highest BCUT2D eigenvalue weighted by molar-refractivity contribution is 6.29. The van der Waals surface area contributed by atoms with E-state index in [0.29, 0.717) is 11.4 Å². The van der Waals surface area contributed by atoms with Gasteiger partial charge in [0.1, 0.15) is 16.7 Å². The second kappa shape index (κ2) is 5.00. The van der Waals surface area contributed by atoms with Gasteiger partial charge in [0.15, 0.2) is 6.10 Å². The molecule has 1 aliphatic carbocycles. The molecule has 1 fully saturated rings. The third-order valence-electron chi connectivity index (χ3n) is 2.89. The van der Waals surface area contributed by atoms with E-state index in [0.717, 1.165) is 0 Å². The van der Waals surface area contributed by atoms with Gasteiger partial charge < -0.3 is 10.1 Å². The van der Waals surface area contributed by atoms with E-state index >= 15 is 0 Å². The van der Waals surface area contributed by atoms with Gasteiger partial charge in [-0.2, -0.15) is 4.98 Å². The van der Waals surface area contributed by atoms with Crippen molar-refractivity contribution in [2.24, 2.45) is 0 Å². The van der Waals surface area contributed by atoms with Crippen molar-refractivity contribution >= 4 is 23.1 Å². The Morgan fingerprint density at radius 1 is 1.38 bits per heavy atom. The van der Waals surface area contributed by atoms with Gasteiger partial charge in [0.2, 0.25) is 0 Å². The summed E-state index contributed by atoms with van der Waals surface area (Å²) in [6.45, 7) is 0. The molecule has 1 saturated carbocycles. The summed E-state index contributed by atoms with van der Waals surface area (Å²) in [4.78, 5) is 17.2. The number of halogens is 3. The minimum absolute atomic E-state index is 0.161. The van der Waals surface area contributed by atoms with Crippen LogP contribution in [0.2, 0.25) is 5.15 Å².